The van der Waals surface area contributed by atoms with E-state index in [0.717, 1.165) is 32.4 Å². The summed E-state index contributed by atoms with van der Waals surface area (Å²) in [6.45, 7) is 5.41. The molecule has 7 nitrogen and oxygen atoms in total. The van der Waals surface area contributed by atoms with E-state index < -0.39 is 11.7 Å². The Morgan fingerprint density at radius 3 is 2.65 bits per heavy atom. The monoisotopic (exact) mass is 446 g/mol. The van der Waals surface area contributed by atoms with Crippen molar-refractivity contribution in [2.45, 2.75) is 32.3 Å². The summed E-state index contributed by atoms with van der Waals surface area (Å²) in [5.41, 5.74) is 0.320. The molecule has 1 spiro atoms. The van der Waals surface area contributed by atoms with E-state index in [1.165, 1.54) is 0 Å². The lowest BCUT2D eigenvalue weighted by atomic mass is 9.78. The van der Waals surface area contributed by atoms with Gasteiger partial charge in [0.2, 0.25) is 0 Å². The molecule has 3 aliphatic rings. The van der Waals surface area contributed by atoms with Crippen LogP contribution in [-0.2, 0) is 0 Å². The van der Waals surface area contributed by atoms with E-state index in [2.05, 4.69) is 5.32 Å². The first-order valence-corrected chi connectivity index (χ1v) is 10.6. The Balaban J connectivity index is 0.00000231. The summed E-state index contributed by atoms with van der Waals surface area (Å²) in [6.07, 6.45) is 2.61. The number of hydrogen-bond acceptors (Lipinski definition) is 6. The third-order valence-electron chi connectivity index (χ3n) is 6.60. The van der Waals surface area contributed by atoms with Gasteiger partial charge in [-0.15, -0.1) is 12.4 Å². The van der Waals surface area contributed by atoms with Gasteiger partial charge in [0.15, 0.2) is 23.4 Å². The second kappa shape index (κ2) is 8.55. The molecular weight excluding hydrogens is 420 g/mol. The van der Waals surface area contributed by atoms with E-state index in [1.54, 1.807) is 13.0 Å². The van der Waals surface area contributed by atoms with Crippen LogP contribution in [0.1, 0.15) is 47.0 Å². The van der Waals surface area contributed by atoms with Crippen molar-refractivity contribution in [1.82, 2.24) is 10.2 Å². The van der Waals surface area contributed by atoms with E-state index in [0.29, 0.717) is 35.9 Å². The fraction of sp³-hybridized carbons (Fsp3) is 0.478. The van der Waals surface area contributed by atoms with E-state index >= 15 is 0 Å². The minimum Gasteiger partial charge on any atom is -0.485 e. The number of amides is 1. The molecule has 3 aliphatic heterocycles. The van der Waals surface area contributed by atoms with Crippen LogP contribution in [0.15, 0.2) is 39.5 Å². The molecule has 31 heavy (non-hydrogen) atoms. The first kappa shape index (κ1) is 21.7. The van der Waals surface area contributed by atoms with Gasteiger partial charge in [-0.25, -0.2) is 4.79 Å². The molecule has 1 atom stereocenters. The molecule has 1 aromatic heterocycles. The topological polar surface area (TPSA) is 81.0 Å². The largest absolute Gasteiger partial charge is 0.485 e. The van der Waals surface area contributed by atoms with Gasteiger partial charge in [0.05, 0.1) is 0 Å². The quantitative estimate of drug-likeness (QED) is 0.763. The average Bonchev–Trinajstić information content (AvgIpc) is 3.16. The van der Waals surface area contributed by atoms with Crippen LogP contribution in [-0.4, -0.2) is 43.6 Å². The van der Waals surface area contributed by atoms with Crippen LogP contribution in [0, 0.1) is 12.3 Å². The van der Waals surface area contributed by atoms with Crippen molar-refractivity contribution in [3.05, 3.63) is 57.6 Å². The van der Waals surface area contributed by atoms with Crippen LogP contribution in [0.5, 0.6) is 11.5 Å². The minimum atomic E-state index is -0.608. The molecule has 2 saturated heterocycles. The molecular formula is C23H27ClN2O5. The van der Waals surface area contributed by atoms with E-state index in [9.17, 15) is 9.59 Å². The van der Waals surface area contributed by atoms with Gasteiger partial charge in [0.25, 0.3) is 5.91 Å². The van der Waals surface area contributed by atoms with Crippen LogP contribution in [0.2, 0.25) is 0 Å². The standard InChI is InChI=1S/C23H26N2O5.ClH/c1-15-12-18(19-13-28-16-4-2-3-5-17(16)29-19)30-22(27)20(15)21(26)25-11-8-23(14-25)6-9-24-10-7-23;/h2-5,12,19,24H,6-11,13-14H2,1H3;1H. The van der Waals surface area contributed by atoms with E-state index in [-0.39, 0.29) is 35.9 Å². The lowest BCUT2D eigenvalue weighted by Gasteiger charge is -2.33. The molecule has 0 bridgehead atoms. The Labute approximate surface area is 187 Å². The highest BCUT2D eigenvalue weighted by Crippen LogP contribution is 2.39. The van der Waals surface area contributed by atoms with Crippen LogP contribution < -0.4 is 20.4 Å². The number of piperidine rings is 1. The third kappa shape index (κ3) is 4.04. The van der Waals surface area contributed by atoms with E-state index in [1.807, 2.05) is 29.2 Å². The Hall–Kier alpha value is -2.51. The fourth-order valence-electron chi connectivity index (χ4n) is 4.84. The van der Waals surface area contributed by atoms with Gasteiger partial charge in [0, 0.05) is 13.1 Å². The second-order valence-corrected chi connectivity index (χ2v) is 8.59. The number of hydrogen-bond donors (Lipinski definition) is 1. The van der Waals surface area contributed by atoms with Crippen LogP contribution >= 0.6 is 12.4 Å². The molecule has 5 rings (SSSR count). The smallest absolute Gasteiger partial charge is 0.349 e. The highest BCUT2D eigenvalue weighted by Gasteiger charge is 2.41. The van der Waals surface area contributed by atoms with E-state index in [4.69, 9.17) is 13.9 Å². The van der Waals surface area contributed by atoms with Crippen LogP contribution in [0.25, 0.3) is 0 Å². The van der Waals surface area contributed by atoms with Gasteiger partial charge < -0.3 is 24.1 Å². The number of nitrogens with zero attached hydrogens (tertiary/aromatic N) is 1. The van der Waals surface area contributed by atoms with Gasteiger partial charge in [0.1, 0.15) is 12.2 Å². The second-order valence-electron chi connectivity index (χ2n) is 8.59. The summed E-state index contributed by atoms with van der Waals surface area (Å²) in [5, 5.41) is 3.38. The summed E-state index contributed by atoms with van der Waals surface area (Å²) in [5.74, 6) is 1.42. The normalized spacial score (nSPS) is 21.6. The first-order valence-electron chi connectivity index (χ1n) is 10.6. The highest BCUT2D eigenvalue weighted by molar-refractivity contribution is 5.95. The molecule has 0 saturated carbocycles. The van der Waals surface area contributed by atoms with Gasteiger partial charge in [-0.05, 0) is 68.5 Å². The zero-order chi connectivity index (χ0) is 20.7. The van der Waals surface area contributed by atoms with Crippen molar-refractivity contribution < 1.29 is 18.7 Å². The van der Waals surface area contributed by atoms with Crippen molar-refractivity contribution >= 4 is 18.3 Å². The number of para-hydroxylation sites is 2. The Kier molecular flexibility index (Phi) is 5.99. The predicted octanol–water partition coefficient (Wildman–Crippen LogP) is 3.10. The summed E-state index contributed by atoms with van der Waals surface area (Å²) < 4.78 is 17.2. The number of rotatable bonds is 2. The van der Waals surface area contributed by atoms with Crippen molar-refractivity contribution in [3.8, 4) is 11.5 Å². The molecule has 1 aromatic carbocycles. The zero-order valence-corrected chi connectivity index (χ0v) is 18.3. The molecule has 1 N–H and O–H groups in total. The number of benzene rings is 1. The first-order chi connectivity index (χ1) is 14.5. The van der Waals surface area contributed by atoms with Crippen LogP contribution in [0.3, 0.4) is 0 Å². The van der Waals surface area contributed by atoms with Gasteiger partial charge >= 0.3 is 5.63 Å². The third-order valence-corrected chi connectivity index (χ3v) is 6.60. The number of ether oxygens (including phenoxy) is 2. The fourth-order valence-corrected chi connectivity index (χ4v) is 4.84. The number of carbonyl (C=O) groups is 1. The molecule has 0 radical (unpaired) electrons. The molecule has 2 fully saturated rings. The number of aryl methyl sites for hydroxylation is 1. The molecule has 0 aliphatic carbocycles. The minimum absolute atomic E-state index is 0. The van der Waals surface area contributed by atoms with Crippen molar-refractivity contribution in [1.29, 1.82) is 0 Å². The lowest BCUT2D eigenvalue weighted by molar-refractivity contribution is 0.0702. The average molecular weight is 447 g/mol. The number of halogens is 1. The molecule has 166 valence electrons. The Bertz CT molecular complexity index is 1030. The molecule has 1 unspecified atom stereocenters. The van der Waals surface area contributed by atoms with Crippen molar-refractivity contribution in [3.63, 3.8) is 0 Å². The summed E-state index contributed by atoms with van der Waals surface area (Å²) in [7, 11) is 0. The summed E-state index contributed by atoms with van der Waals surface area (Å²) in [6, 6.07) is 9.11. The Morgan fingerprint density at radius 2 is 1.90 bits per heavy atom. The molecule has 8 heteroatoms. The number of nitrogens with one attached hydrogen (secondary N) is 1. The maximum absolute atomic E-state index is 13.2. The van der Waals surface area contributed by atoms with Gasteiger partial charge in [-0.3, -0.25) is 4.79 Å². The highest BCUT2D eigenvalue weighted by atomic mass is 35.5. The summed E-state index contributed by atoms with van der Waals surface area (Å²) in [4.78, 5) is 27.8. The molecule has 2 aromatic rings. The predicted molar refractivity (Wildman–Crippen MR) is 117 cm³/mol. The van der Waals surface area contributed by atoms with Crippen molar-refractivity contribution in [2.75, 3.05) is 32.8 Å². The number of likely N-dealkylation sites (tertiary alicyclic amines) is 1. The maximum atomic E-state index is 13.2. The van der Waals surface area contributed by atoms with Gasteiger partial charge in [-0.1, -0.05) is 12.1 Å². The molecule has 4 heterocycles. The number of carbonyl (C=O) groups excluding carboxylic acids is 1. The summed E-state index contributed by atoms with van der Waals surface area (Å²) >= 11 is 0. The molecule has 1 amide bonds. The van der Waals surface area contributed by atoms with Gasteiger partial charge in [-0.2, -0.15) is 0 Å². The zero-order valence-electron chi connectivity index (χ0n) is 17.5. The lowest BCUT2D eigenvalue weighted by Crippen LogP contribution is -2.40. The maximum Gasteiger partial charge on any atom is 0.349 e. The number of fused-ring (bicyclic) bond motifs is 1. The Morgan fingerprint density at radius 1 is 1.16 bits per heavy atom. The van der Waals surface area contributed by atoms with Crippen LogP contribution in [0.4, 0.5) is 0 Å². The SMILES string of the molecule is Cc1cc(C2COc3ccccc3O2)oc(=O)c1C(=O)N1CCC2(CCNCC2)C1.Cl. The van der Waals surface area contributed by atoms with Crippen molar-refractivity contribution in [2.24, 2.45) is 5.41 Å².